The van der Waals surface area contributed by atoms with Crippen LogP contribution in [-0.4, -0.2) is 22.2 Å². The number of aliphatic carboxylic acids is 1. The molecule has 0 aromatic heterocycles. The predicted octanol–water partition coefficient (Wildman–Crippen LogP) is 1.83. The fourth-order valence-electron chi connectivity index (χ4n) is 0.853. The van der Waals surface area contributed by atoms with Crippen molar-refractivity contribution in [2.75, 3.05) is 0 Å². The summed E-state index contributed by atoms with van der Waals surface area (Å²) in [6.07, 6.45) is 1.13. The van der Waals surface area contributed by atoms with Crippen LogP contribution in [0.15, 0.2) is 0 Å². The number of carboxylic acid groups (broad SMARTS) is 1. The van der Waals surface area contributed by atoms with Crippen molar-refractivity contribution in [3.8, 4) is 0 Å². The first kappa shape index (κ1) is 11.4. The zero-order valence-electron chi connectivity index (χ0n) is 7.05. The average molecular weight is 193 g/mol. The van der Waals surface area contributed by atoms with Gasteiger partial charge in [-0.05, 0) is 13.3 Å². The molecule has 0 aromatic carbocycles. The maximum Gasteiger partial charge on any atom is 0.303 e. The van der Waals surface area contributed by atoms with Crippen LogP contribution < -0.4 is 0 Å². The third-order valence-corrected chi connectivity index (χ3v) is 1.51. The molecule has 3 nitrogen and oxygen atoms in total. The number of hydrogen-bond acceptors (Lipinski definition) is 2. The summed E-state index contributed by atoms with van der Waals surface area (Å²) in [4.78, 5) is 21.0. The smallest absolute Gasteiger partial charge is 0.303 e. The summed E-state index contributed by atoms with van der Waals surface area (Å²) in [7, 11) is 0. The fourth-order valence-corrected chi connectivity index (χ4v) is 1.02. The molecule has 70 valence electrons. The molecular weight excluding hydrogens is 180 g/mol. The average Bonchev–Trinajstić information content (AvgIpc) is 1.84. The van der Waals surface area contributed by atoms with Gasteiger partial charge >= 0.3 is 5.97 Å². The molecular formula is C8H13ClO3. The molecule has 0 amide bonds. The van der Waals surface area contributed by atoms with Gasteiger partial charge in [-0.1, -0.05) is 0 Å². The lowest BCUT2D eigenvalue weighted by Crippen LogP contribution is -2.05. The second-order valence-electron chi connectivity index (χ2n) is 2.77. The molecule has 4 heteroatoms. The highest BCUT2D eigenvalue weighted by molar-refractivity contribution is 6.21. The van der Waals surface area contributed by atoms with Crippen LogP contribution in [0, 0.1) is 0 Å². The highest BCUT2D eigenvalue weighted by atomic mass is 35.5. The minimum absolute atomic E-state index is 0.0405. The molecule has 0 saturated heterocycles. The Morgan fingerprint density at radius 1 is 1.42 bits per heavy atom. The van der Waals surface area contributed by atoms with Crippen LogP contribution in [0.3, 0.4) is 0 Å². The van der Waals surface area contributed by atoms with E-state index < -0.39 is 5.97 Å². The zero-order chi connectivity index (χ0) is 9.56. The first-order chi connectivity index (χ1) is 5.52. The Hall–Kier alpha value is -0.570. The van der Waals surface area contributed by atoms with Crippen molar-refractivity contribution in [1.82, 2.24) is 0 Å². The third-order valence-electron chi connectivity index (χ3n) is 1.36. The molecule has 0 spiro atoms. The highest BCUT2D eigenvalue weighted by Gasteiger charge is 2.06. The van der Waals surface area contributed by atoms with Gasteiger partial charge in [-0.2, -0.15) is 0 Å². The Morgan fingerprint density at radius 2 is 2.00 bits per heavy atom. The Bertz CT molecular complexity index is 166. The number of halogens is 1. The maximum absolute atomic E-state index is 11.0. The number of ketones is 1. The van der Waals surface area contributed by atoms with Gasteiger partial charge < -0.3 is 5.11 Å². The van der Waals surface area contributed by atoms with E-state index in [0.29, 0.717) is 19.3 Å². The van der Waals surface area contributed by atoms with Gasteiger partial charge in [0.25, 0.3) is 0 Å². The summed E-state index contributed by atoms with van der Waals surface area (Å²) in [5.41, 5.74) is 0. The molecule has 0 radical (unpaired) electrons. The van der Waals surface area contributed by atoms with Crippen LogP contribution in [0.1, 0.15) is 32.6 Å². The van der Waals surface area contributed by atoms with Crippen molar-refractivity contribution < 1.29 is 14.7 Å². The molecule has 12 heavy (non-hydrogen) atoms. The molecule has 1 atom stereocenters. The lowest BCUT2D eigenvalue weighted by atomic mass is 10.1. The van der Waals surface area contributed by atoms with Gasteiger partial charge in [-0.3, -0.25) is 9.59 Å². The lowest BCUT2D eigenvalue weighted by Gasteiger charge is -2.00. The quantitative estimate of drug-likeness (QED) is 0.654. The molecule has 1 N–H and O–H groups in total. The zero-order valence-corrected chi connectivity index (χ0v) is 7.80. The van der Waals surface area contributed by atoms with Crippen molar-refractivity contribution in [2.24, 2.45) is 0 Å². The minimum atomic E-state index is -0.860. The van der Waals surface area contributed by atoms with Crippen molar-refractivity contribution in [3.05, 3.63) is 0 Å². The van der Waals surface area contributed by atoms with Crippen molar-refractivity contribution in [2.45, 2.75) is 38.0 Å². The largest absolute Gasteiger partial charge is 0.481 e. The molecule has 0 aliphatic heterocycles. The van der Waals surface area contributed by atoms with E-state index in [1.165, 1.54) is 0 Å². The van der Waals surface area contributed by atoms with Crippen molar-refractivity contribution in [3.63, 3.8) is 0 Å². The van der Waals surface area contributed by atoms with E-state index >= 15 is 0 Å². The van der Waals surface area contributed by atoms with Crippen LogP contribution in [0.2, 0.25) is 0 Å². The van der Waals surface area contributed by atoms with Gasteiger partial charge in [0.1, 0.15) is 5.78 Å². The summed E-state index contributed by atoms with van der Waals surface area (Å²) in [5.74, 6) is -0.819. The van der Waals surface area contributed by atoms with E-state index in [1.54, 1.807) is 6.92 Å². The molecule has 0 aromatic rings. The monoisotopic (exact) mass is 192 g/mol. The Morgan fingerprint density at radius 3 is 2.42 bits per heavy atom. The van der Waals surface area contributed by atoms with E-state index in [0.717, 1.165) is 0 Å². The van der Waals surface area contributed by atoms with Crippen LogP contribution >= 0.6 is 11.6 Å². The standard InChI is InChI=1S/C8H13ClO3/c1-6(9)5-7(10)3-2-4-8(11)12/h6H,2-5H2,1H3,(H,11,12). The van der Waals surface area contributed by atoms with Gasteiger partial charge in [-0.25, -0.2) is 0 Å². The Labute approximate surface area is 76.7 Å². The maximum atomic E-state index is 11.0. The second-order valence-corrected chi connectivity index (χ2v) is 3.52. The molecule has 1 unspecified atom stereocenters. The normalized spacial score (nSPS) is 12.5. The summed E-state index contributed by atoms with van der Waals surface area (Å²) in [6, 6.07) is 0. The molecule has 0 rings (SSSR count). The van der Waals surface area contributed by atoms with E-state index in [2.05, 4.69) is 0 Å². The van der Waals surface area contributed by atoms with E-state index in [4.69, 9.17) is 16.7 Å². The van der Waals surface area contributed by atoms with Gasteiger partial charge in [0.15, 0.2) is 0 Å². The number of hydrogen-bond donors (Lipinski definition) is 1. The van der Waals surface area contributed by atoms with E-state index in [9.17, 15) is 9.59 Å². The first-order valence-corrected chi connectivity index (χ1v) is 4.33. The number of carboxylic acids is 1. The summed E-state index contributed by atoms with van der Waals surface area (Å²) >= 11 is 5.58. The second kappa shape index (κ2) is 6.00. The molecule has 0 heterocycles. The summed E-state index contributed by atoms with van der Waals surface area (Å²) in [6.45, 7) is 1.75. The molecule has 0 aliphatic rings. The van der Waals surface area contributed by atoms with Crippen LogP contribution in [0.4, 0.5) is 0 Å². The van der Waals surface area contributed by atoms with Gasteiger partial charge in [0.05, 0.1) is 0 Å². The SMILES string of the molecule is CC(Cl)CC(=O)CCCC(=O)O. The number of Topliss-reactive ketones (excluding diaryl/α,β-unsaturated/α-hetero) is 1. The van der Waals surface area contributed by atoms with E-state index in [-0.39, 0.29) is 17.6 Å². The molecule has 0 aliphatic carbocycles. The first-order valence-electron chi connectivity index (χ1n) is 3.90. The topological polar surface area (TPSA) is 54.4 Å². The Balaban J connectivity index is 3.38. The van der Waals surface area contributed by atoms with Gasteiger partial charge in [0, 0.05) is 24.6 Å². The minimum Gasteiger partial charge on any atom is -0.481 e. The van der Waals surface area contributed by atoms with Crippen molar-refractivity contribution >= 4 is 23.4 Å². The summed E-state index contributed by atoms with van der Waals surface area (Å²) < 4.78 is 0. The number of carbonyl (C=O) groups excluding carboxylic acids is 1. The number of rotatable bonds is 6. The van der Waals surface area contributed by atoms with E-state index in [1.807, 2.05) is 0 Å². The number of carbonyl (C=O) groups is 2. The van der Waals surface area contributed by atoms with Crippen molar-refractivity contribution in [1.29, 1.82) is 0 Å². The predicted molar refractivity (Wildman–Crippen MR) is 46.4 cm³/mol. The van der Waals surface area contributed by atoms with Gasteiger partial charge in [0.2, 0.25) is 0 Å². The summed E-state index contributed by atoms with van der Waals surface area (Å²) in [5, 5.41) is 8.12. The third kappa shape index (κ3) is 7.54. The Kier molecular flexibility index (Phi) is 5.72. The molecule has 0 bridgehead atoms. The number of alkyl halides is 1. The lowest BCUT2D eigenvalue weighted by molar-refractivity contribution is -0.137. The van der Waals surface area contributed by atoms with Gasteiger partial charge in [-0.15, -0.1) is 11.6 Å². The van der Waals surface area contributed by atoms with Crippen LogP contribution in [-0.2, 0) is 9.59 Å². The fraction of sp³-hybridized carbons (Fsp3) is 0.750. The molecule has 0 fully saturated rings. The highest BCUT2D eigenvalue weighted by Crippen LogP contribution is 2.05. The van der Waals surface area contributed by atoms with Crippen LogP contribution in [0.5, 0.6) is 0 Å². The molecule has 0 saturated carbocycles. The van der Waals surface area contributed by atoms with Crippen LogP contribution in [0.25, 0.3) is 0 Å².